The van der Waals surface area contributed by atoms with E-state index >= 15 is 0 Å². The number of methoxy groups -OCH3 is 1. The van der Waals surface area contributed by atoms with E-state index in [0.717, 1.165) is 19.4 Å². The van der Waals surface area contributed by atoms with E-state index in [0.29, 0.717) is 31.8 Å². The predicted molar refractivity (Wildman–Crippen MR) is 82.5 cm³/mol. The Balaban J connectivity index is 0. The smallest absolute Gasteiger partial charge is 0.234 e. The largest absolute Gasteiger partial charge is 0.383 e. The minimum Gasteiger partial charge on any atom is -0.383 e. The van der Waals surface area contributed by atoms with Gasteiger partial charge in [-0.05, 0) is 26.8 Å². The zero-order chi connectivity index (χ0) is 12.7. The SMILES string of the molecule is COCCNCC(=O)NC1CCN(C)C(C)C1.Cl.Cl. The van der Waals surface area contributed by atoms with E-state index in [1.807, 2.05) is 0 Å². The highest BCUT2D eigenvalue weighted by Crippen LogP contribution is 2.14. The number of carbonyl (C=O) groups is 1. The van der Waals surface area contributed by atoms with E-state index in [9.17, 15) is 4.79 Å². The second kappa shape index (κ2) is 11.7. The highest BCUT2D eigenvalue weighted by atomic mass is 35.5. The van der Waals surface area contributed by atoms with Crippen LogP contribution in [-0.4, -0.2) is 63.3 Å². The van der Waals surface area contributed by atoms with Crippen molar-refractivity contribution in [3.8, 4) is 0 Å². The van der Waals surface area contributed by atoms with Crippen molar-refractivity contribution >= 4 is 30.7 Å². The minimum atomic E-state index is 0. The molecule has 0 saturated carbocycles. The summed E-state index contributed by atoms with van der Waals surface area (Å²) in [5.41, 5.74) is 0. The quantitative estimate of drug-likeness (QED) is 0.707. The Morgan fingerprint density at radius 3 is 2.68 bits per heavy atom. The lowest BCUT2D eigenvalue weighted by atomic mass is 9.99. The predicted octanol–water partition coefficient (Wildman–Crippen LogP) is 0.665. The average Bonchev–Trinajstić information content (AvgIpc) is 2.30. The molecule has 0 aromatic carbocycles. The number of ether oxygens (including phenoxy) is 1. The molecule has 1 amide bonds. The first-order valence-corrected chi connectivity index (χ1v) is 6.32. The molecule has 0 bridgehead atoms. The van der Waals surface area contributed by atoms with Crippen molar-refractivity contribution < 1.29 is 9.53 Å². The summed E-state index contributed by atoms with van der Waals surface area (Å²) < 4.78 is 4.90. The van der Waals surface area contributed by atoms with Crippen LogP contribution in [0.3, 0.4) is 0 Å². The Morgan fingerprint density at radius 2 is 2.11 bits per heavy atom. The van der Waals surface area contributed by atoms with Gasteiger partial charge in [-0.15, -0.1) is 24.8 Å². The van der Waals surface area contributed by atoms with Gasteiger partial charge >= 0.3 is 0 Å². The van der Waals surface area contributed by atoms with Crippen LogP contribution >= 0.6 is 24.8 Å². The van der Waals surface area contributed by atoms with Gasteiger partial charge in [0.15, 0.2) is 0 Å². The molecule has 0 aliphatic carbocycles. The molecule has 1 fully saturated rings. The zero-order valence-electron chi connectivity index (χ0n) is 12.0. The van der Waals surface area contributed by atoms with Crippen molar-refractivity contribution in [3.05, 3.63) is 0 Å². The van der Waals surface area contributed by atoms with Gasteiger partial charge in [0.25, 0.3) is 0 Å². The third-order valence-electron chi connectivity index (χ3n) is 3.34. The summed E-state index contributed by atoms with van der Waals surface area (Å²) in [5, 5.41) is 6.13. The number of halogens is 2. The number of hydrogen-bond donors (Lipinski definition) is 2. The molecule has 1 aliphatic rings. The van der Waals surface area contributed by atoms with Gasteiger partial charge in [-0.3, -0.25) is 4.79 Å². The van der Waals surface area contributed by atoms with Crippen molar-refractivity contribution in [1.82, 2.24) is 15.5 Å². The fourth-order valence-corrected chi connectivity index (χ4v) is 2.08. The maximum Gasteiger partial charge on any atom is 0.234 e. The summed E-state index contributed by atoms with van der Waals surface area (Å²) in [5.74, 6) is 0.0860. The van der Waals surface area contributed by atoms with Gasteiger partial charge in [-0.2, -0.15) is 0 Å². The van der Waals surface area contributed by atoms with Crippen LogP contribution in [0.5, 0.6) is 0 Å². The van der Waals surface area contributed by atoms with E-state index in [1.54, 1.807) is 7.11 Å². The van der Waals surface area contributed by atoms with Gasteiger partial charge in [0.2, 0.25) is 5.91 Å². The Morgan fingerprint density at radius 1 is 1.42 bits per heavy atom. The number of hydrogen-bond acceptors (Lipinski definition) is 4. The number of nitrogens with zero attached hydrogens (tertiary/aromatic N) is 1. The van der Waals surface area contributed by atoms with Crippen LogP contribution in [-0.2, 0) is 9.53 Å². The first-order chi connectivity index (χ1) is 8.13. The molecular weight excluding hydrogens is 289 g/mol. The highest BCUT2D eigenvalue weighted by Gasteiger charge is 2.23. The van der Waals surface area contributed by atoms with Gasteiger partial charge in [0.05, 0.1) is 13.2 Å². The van der Waals surface area contributed by atoms with E-state index in [1.165, 1.54) is 0 Å². The molecule has 0 radical (unpaired) electrons. The van der Waals surface area contributed by atoms with Gasteiger partial charge in [-0.25, -0.2) is 0 Å². The lowest BCUT2D eigenvalue weighted by Gasteiger charge is -2.35. The fourth-order valence-electron chi connectivity index (χ4n) is 2.08. The molecule has 5 nitrogen and oxygen atoms in total. The molecule has 0 aromatic rings. The second-order valence-electron chi connectivity index (χ2n) is 4.79. The number of rotatable bonds is 6. The lowest BCUT2D eigenvalue weighted by Crippen LogP contribution is -2.49. The average molecular weight is 316 g/mol. The summed E-state index contributed by atoms with van der Waals surface area (Å²) in [6.45, 7) is 4.99. The van der Waals surface area contributed by atoms with Gasteiger partial charge in [0.1, 0.15) is 0 Å². The van der Waals surface area contributed by atoms with Crippen molar-refractivity contribution in [3.63, 3.8) is 0 Å². The van der Waals surface area contributed by atoms with Crippen LogP contribution in [0, 0.1) is 0 Å². The first kappa shape index (κ1) is 21.2. The topological polar surface area (TPSA) is 53.6 Å². The van der Waals surface area contributed by atoms with Crippen molar-refractivity contribution in [1.29, 1.82) is 0 Å². The standard InChI is InChI=1S/C12H25N3O2.2ClH/c1-10-8-11(4-6-15(10)2)14-12(16)9-13-5-7-17-3;;/h10-11,13H,4-9H2,1-3H3,(H,14,16);2*1H. The molecule has 2 unspecified atom stereocenters. The molecule has 0 spiro atoms. The molecule has 0 aromatic heterocycles. The van der Waals surface area contributed by atoms with Crippen molar-refractivity contribution in [2.45, 2.75) is 31.8 Å². The Hall–Kier alpha value is -0.0700. The number of nitrogens with one attached hydrogen (secondary N) is 2. The number of likely N-dealkylation sites (tertiary alicyclic amines) is 1. The molecule has 2 atom stereocenters. The van der Waals surface area contributed by atoms with Gasteiger partial charge < -0.3 is 20.3 Å². The number of piperidine rings is 1. The van der Waals surface area contributed by atoms with E-state index in [2.05, 4.69) is 29.5 Å². The van der Waals surface area contributed by atoms with Gasteiger partial charge in [-0.1, -0.05) is 0 Å². The third kappa shape index (κ3) is 8.65. The molecule has 2 N–H and O–H groups in total. The third-order valence-corrected chi connectivity index (χ3v) is 3.34. The summed E-state index contributed by atoms with van der Waals surface area (Å²) in [6.07, 6.45) is 2.09. The van der Waals surface area contributed by atoms with E-state index in [4.69, 9.17) is 4.74 Å². The molecule has 7 heteroatoms. The number of carbonyl (C=O) groups excluding carboxylic acids is 1. The maximum absolute atomic E-state index is 11.6. The van der Waals surface area contributed by atoms with E-state index in [-0.39, 0.29) is 30.7 Å². The lowest BCUT2D eigenvalue weighted by molar-refractivity contribution is -0.121. The van der Waals surface area contributed by atoms with Crippen molar-refractivity contribution in [2.75, 3.05) is 40.4 Å². The van der Waals surface area contributed by atoms with Crippen LogP contribution in [0.25, 0.3) is 0 Å². The Bertz CT molecular complexity index is 245. The molecule has 1 aliphatic heterocycles. The second-order valence-corrected chi connectivity index (χ2v) is 4.79. The summed E-state index contributed by atoms with van der Waals surface area (Å²) in [4.78, 5) is 14.0. The molecule has 1 saturated heterocycles. The normalized spacial score (nSPS) is 23.1. The van der Waals surface area contributed by atoms with Crippen LogP contribution in [0.1, 0.15) is 19.8 Å². The number of amides is 1. The van der Waals surface area contributed by atoms with Gasteiger partial charge in [0, 0.05) is 32.3 Å². The minimum absolute atomic E-state index is 0. The maximum atomic E-state index is 11.6. The molecule has 1 rings (SSSR count). The van der Waals surface area contributed by atoms with Crippen LogP contribution < -0.4 is 10.6 Å². The van der Waals surface area contributed by atoms with Crippen LogP contribution in [0.4, 0.5) is 0 Å². The zero-order valence-corrected chi connectivity index (χ0v) is 13.6. The highest BCUT2D eigenvalue weighted by molar-refractivity contribution is 5.85. The van der Waals surface area contributed by atoms with Crippen LogP contribution in [0.15, 0.2) is 0 Å². The molecule has 1 heterocycles. The monoisotopic (exact) mass is 315 g/mol. The van der Waals surface area contributed by atoms with Crippen LogP contribution in [0.2, 0.25) is 0 Å². The Kier molecular flexibility index (Phi) is 13.1. The Labute approximate surface area is 128 Å². The fraction of sp³-hybridized carbons (Fsp3) is 0.917. The summed E-state index contributed by atoms with van der Waals surface area (Å²) in [6, 6.07) is 0.883. The molecule has 19 heavy (non-hydrogen) atoms. The van der Waals surface area contributed by atoms with E-state index < -0.39 is 0 Å². The summed E-state index contributed by atoms with van der Waals surface area (Å²) in [7, 11) is 3.79. The first-order valence-electron chi connectivity index (χ1n) is 6.32. The van der Waals surface area contributed by atoms with Crippen molar-refractivity contribution in [2.24, 2.45) is 0 Å². The summed E-state index contributed by atoms with van der Waals surface area (Å²) >= 11 is 0. The molecular formula is C12H27Cl2N3O2. The molecule has 116 valence electrons.